The lowest BCUT2D eigenvalue weighted by Gasteiger charge is -2.30. The number of carbonyl (C=O) groups is 3. The van der Waals surface area contributed by atoms with Crippen molar-refractivity contribution in [1.29, 1.82) is 0 Å². The van der Waals surface area contributed by atoms with Crippen LogP contribution in [-0.2, 0) is 19.1 Å². The number of esters is 1. The second kappa shape index (κ2) is 6.32. The summed E-state index contributed by atoms with van der Waals surface area (Å²) in [5, 5.41) is 0. The Hall–Kier alpha value is -2.44. The highest BCUT2D eigenvalue weighted by molar-refractivity contribution is 6.05. The zero-order valence-corrected chi connectivity index (χ0v) is 15.5. The number of hydrogen-bond donors (Lipinski definition) is 0. The van der Waals surface area contributed by atoms with E-state index in [4.69, 9.17) is 4.74 Å². The van der Waals surface area contributed by atoms with Gasteiger partial charge in [0.2, 0.25) is 11.8 Å². The van der Waals surface area contributed by atoms with Crippen molar-refractivity contribution < 1.29 is 23.5 Å². The summed E-state index contributed by atoms with van der Waals surface area (Å²) in [5.74, 6) is -0.863. The lowest BCUT2D eigenvalue weighted by atomic mass is 9.89. The molecule has 2 amide bonds. The molecule has 1 saturated carbocycles. The Kier molecular flexibility index (Phi) is 4.20. The summed E-state index contributed by atoms with van der Waals surface area (Å²) < 4.78 is 18.6. The van der Waals surface area contributed by atoms with Gasteiger partial charge >= 0.3 is 5.97 Å². The van der Waals surface area contributed by atoms with Crippen LogP contribution >= 0.6 is 0 Å². The van der Waals surface area contributed by atoms with Crippen molar-refractivity contribution in [2.75, 3.05) is 26.7 Å². The molecule has 0 spiro atoms. The molecule has 2 saturated heterocycles. The van der Waals surface area contributed by atoms with Crippen LogP contribution in [0, 0.1) is 23.1 Å². The molecule has 0 unspecified atom stereocenters. The summed E-state index contributed by atoms with van der Waals surface area (Å²) in [5.41, 5.74) is -0.261. The third-order valence-corrected chi connectivity index (χ3v) is 6.28. The van der Waals surface area contributed by atoms with Gasteiger partial charge in [0.15, 0.2) is 0 Å². The van der Waals surface area contributed by atoms with Gasteiger partial charge < -0.3 is 14.5 Å². The van der Waals surface area contributed by atoms with Crippen LogP contribution in [0.25, 0.3) is 0 Å². The molecule has 2 heterocycles. The van der Waals surface area contributed by atoms with Crippen molar-refractivity contribution in [2.45, 2.75) is 25.8 Å². The smallest absolute Gasteiger partial charge is 0.321 e. The Bertz CT molecular complexity index is 807. The van der Waals surface area contributed by atoms with Crippen LogP contribution in [0.15, 0.2) is 24.3 Å². The van der Waals surface area contributed by atoms with Gasteiger partial charge in [-0.2, -0.15) is 0 Å². The molecular formula is C20H23FN2O4. The monoisotopic (exact) mass is 374 g/mol. The number of methoxy groups -OCH3 is 1. The first-order valence-electron chi connectivity index (χ1n) is 9.28. The summed E-state index contributed by atoms with van der Waals surface area (Å²) in [6.45, 7) is 3.04. The minimum atomic E-state index is -1.01. The third kappa shape index (κ3) is 2.80. The zero-order chi connectivity index (χ0) is 19.3. The molecule has 4 rings (SSSR count). The van der Waals surface area contributed by atoms with E-state index in [0.717, 1.165) is 5.56 Å². The Balaban J connectivity index is 1.58. The van der Waals surface area contributed by atoms with Crippen molar-refractivity contribution >= 4 is 17.8 Å². The van der Waals surface area contributed by atoms with Gasteiger partial charge in [0.25, 0.3) is 0 Å². The summed E-state index contributed by atoms with van der Waals surface area (Å²) in [6.07, 6.45) is 1.05. The normalized spacial score (nSPS) is 28.0. The molecule has 0 bridgehead atoms. The first-order valence-corrected chi connectivity index (χ1v) is 9.28. The summed E-state index contributed by atoms with van der Waals surface area (Å²) in [7, 11) is 1.30. The van der Waals surface area contributed by atoms with E-state index in [0.29, 0.717) is 32.5 Å². The number of amides is 2. The molecule has 2 aliphatic heterocycles. The van der Waals surface area contributed by atoms with Crippen molar-refractivity contribution in [2.24, 2.45) is 17.3 Å². The largest absolute Gasteiger partial charge is 0.468 e. The number of likely N-dealkylation sites (tertiary alicyclic amines) is 2. The van der Waals surface area contributed by atoms with Gasteiger partial charge in [-0.15, -0.1) is 0 Å². The zero-order valence-electron chi connectivity index (χ0n) is 15.5. The summed E-state index contributed by atoms with van der Waals surface area (Å²) in [4.78, 5) is 40.7. The van der Waals surface area contributed by atoms with E-state index in [2.05, 4.69) is 0 Å². The van der Waals surface area contributed by atoms with Gasteiger partial charge in [0.1, 0.15) is 11.2 Å². The number of nitrogens with zero attached hydrogens (tertiary/aromatic N) is 2. The van der Waals surface area contributed by atoms with Crippen LogP contribution in [0.4, 0.5) is 4.39 Å². The van der Waals surface area contributed by atoms with Crippen molar-refractivity contribution in [3.05, 3.63) is 35.6 Å². The molecule has 1 aromatic carbocycles. The molecule has 0 aromatic heterocycles. The van der Waals surface area contributed by atoms with Gasteiger partial charge in [-0.05, 0) is 30.5 Å². The number of benzene rings is 1. The first-order chi connectivity index (χ1) is 12.9. The maximum absolute atomic E-state index is 13.8. The van der Waals surface area contributed by atoms with Crippen LogP contribution in [0.1, 0.15) is 31.4 Å². The van der Waals surface area contributed by atoms with Crippen molar-refractivity contribution in [3.63, 3.8) is 0 Å². The summed E-state index contributed by atoms with van der Waals surface area (Å²) in [6, 6.07) is 6.06. The van der Waals surface area contributed by atoms with Crippen LogP contribution in [0.5, 0.6) is 0 Å². The summed E-state index contributed by atoms with van der Waals surface area (Å²) >= 11 is 0. The average Bonchev–Trinajstić information content (AvgIpc) is 3.22. The quantitative estimate of drug-likeness (QED) is 0.597. The number of carbonyl (C=O) groups excluding carboxylic acids is 3. The molecule has 1 aliphatic carbocycles. The lowest BCUT2D eigenvalue weighted by Crippen LogP contribution is -2.42. The number of fused-ring (bicyclic) bond motifs is 1. The molecule has 6 nitrogen and oxygen atoms in total. The van der Waals surface area contributed by atoms with Crippen LogP contribution in [0.3, 0.4) is 0 Å². The van der Waals surface area contributed by atoms with Gasteiger partial charge in [0, 0.05) is 38.4 Å². The molecule has 144 valence electrons. The van der Waals surface area contributed by atoms with Gasteiger partial charge in [-0.3, -0.25) is 14.4 Å². The fourth-order valence-electron chi connectivity index (χ4n) is 4.78. The second-order valence-electron chi connectivity index (χ2n) is 7.88. The van der Waals surface area contributed by atoms with E-state index < -0.39 is 11.4 Å². The topological polar surface area (TPSA) is 66.9 Å². The molecule has 7 heteroatoms. The molecule has 3 aliphatic rings. The van der Waals surface area contributed by atoms with E-state index >= 15 is 0 Å². The highest BCUT2D eigenvalue weighted by atomic mass is 19.1. The predicted molar refractivity (Wildman–Crippen MR) is 93.8 cm³/mol. The SMILES string of the molecule is COC(=O)C1(C(=O)N2C[C@@H]3CN(C(C)=O)[C@@H](c4cccc(F)c4)[C@@H]3C2)CC1. The minimum absolute atomic E-state index is 0.0353. The maximum atomic E-state index is 13.8. The van der Waals surface area contributed by atoms with E-state index in [9.17, 15) is 18.8 Å². The predicted octanol–water partition coefficient (Wildman–Crippen LogP) is 1.76. The lowest BCUT2D eigenvalue weighted by molar-refractivity contribution is -0.155. The average molecular weight is 374 g/mol. The van der Waals surface area contributed by atoms with Crippen LogP contribution in [-0.4, -0.2) is 54.3 Å². The molecular weight excluding hydrogens is 351 g/mol. The Morgan fingerprint density at radius 3 is 2.52 bits per heavy atom. The maximum Gasteiger partial charge on any atom is 0.321 e. The fraction of sp³-hybridized carbons (Fsp3) is 0.550. The van der Waals surface area contributed by atoms with Crippen LogP contribution in [0.2, 0.25) is 0 Å². The van der Waals surface area contributed by atoms with Gasteiger partial charge in [0.05, 0.1) is 13.2 Å². The third-order valence-electron chi connectivity index (χ3n) is 6.28. The van der Waals surface area contributed by atoms with Crippen LogP contribution < -0.4 is 0 Å². The standard InChI is InChI=1S/C20H23FN2O4/c1-12(24)23-10-14-9-22(18(25)20(6-7-20)19(26)27-2)11-16(14)17(23)13-4-3-5-15(21)8-13/h3-5,8,14,16-17H,6-7,9-11H2,1-2H3/t14-,16-,17+/m1/s1. The van der Waals surface area contributed by atoms with E-state index in [1.807, 2.05) is 6.07 Å². The number of hydrogen-bond acceptors (Lipinski definition) is 4. The molecule has 0 radical (unpaired) electrons. The molecule has 3 atom stereocenters. The Morgan fingerprint density at radius 2 is 1.93 bits per heavy atom. The second-order valence-corrected chi connectivity index (χ2v) is 7.88. The minimum Gasteiger partial charge on any atom is -0.468 e. The van der Waals surface area contributed by atoms with E-state index in [1.54, 1.807) is 15.9 Å². The van der Waals surface area contributed by atoms with Crippen molar-refractivity contribution in [1.82, 2.24) is 9.80 Å². The van der Waals surface area contributed by atoms with E-state index in [-0.39, 0.29) is 35.5 Å². The first kappa shape index (κ1) is 17.9. The molecule has 0 N–H and O–H groups in total. The van der Waals surface area contributed by atoms with Gasteiger partial charge in [-0.1, -0.05) is 12.1 Å². The van der Waals surface area contributed by atoms with Crippen molar-refractivity contribution in [3.8, 4) is 0 Å². The fourth-order valence-corrected chi connectivity index (χ4v) is 4.78. The molecule has 3 fully saturated rings. The number of ether oxygens (including phenoxy) is 1. The highest BCUT2D eigenvalue weighted by Gasteiger charge is 2.61. The van der Waals surface area contributed by atoms with Gasteiger partial charge in [-0.25, -0.2) is 4.39 Å². The Morgan fingerprint density at radius 1 is 1.19 bits per heavy atom. The number of halogens is 1. The number of rotatable bonds is 3. The molecule has 1 aromatic rings. The van der Waals surface area contributed by atoms with E-state index in [1.165, 1.54) is 26.2 Å². The highest BCUT2D eigenvalue weighted by Crippen LogP contribution is 2.51. The Labute approximate surface area is 157 Å². The molecule has 27 heavy (non-hydrogen) atoms.